The Bertz CT molecular complexity index is 787. The van der Waals surface area contributed by atoms with E-state index in [-0.39, 0.29) is 31.4 Å². The van der Waals surface area contributed by atoms with E-state index in [9.17, 15) is 19.8 Å². The molecule has 2 fully saturated rings. The van der Waals surface area contributed by atoms with Gasteiger partial charge in [-0.25, -0.2) is 0 Å². The van der Waals surface area contributed by atoms with E-state index in [4.69, 9.17) is 14.2 Å². The molecular formula is C44H84O8. The van der Waals surface area contributed by atoms with Gasteiger partial charge in [0.1, 0.15) is 12.2 Å². The Balaban J connectivity index is 0.00000426. The van der Waals surface area contributed by atoms with E-state index in [0.29, 0.717) is 0 Å². The number of epoxide rings is 1. The number of carbonyl (C=O) groups excluding carboxylic acids is 2. The first kappa shape index (κ1) is 48.8. The predicted octanol–water partition coefficient (Wildman–Crippen LogP) is 11.1. The fourth-order valence-electron chi connectivity index (χ4n) is 7.01. The van der Waals surface area contributed by atoms with Crippen LogP contribution in [-0.2, 0) is 28.5 Å². The minimum atomic E-state index is -1.00. The second-order valence-electron chi connectivity index (χ2n) is 15.5. The maximum Gasteiger partial charge on any atom is 0.306 e. The molecule has 2 N–H and O–H groups in total. The van der Waals surface area contributed by atoms with Crippen molar-refractivity contribution < 1.29 is 38.7 Å². The van der Waals surface area contributed by atoms with Crippen LogP contribution in [0, 0.1) is 0 Å². The molecule has 4 atom stereocenters. The summed E-state index contributed by atoms with van der Waals surface area (Å²) in [7, 11) is 0. The summed E-state index contributed by atoms with van der Waals surface area (Å²) in [6.45, 7) is 6.06. The molecule has 2 rings (SSSR count). The molecule has 2 saturated heterocycles. The van der Waals surface area contributed by atoms with Gasteiger partial charge < -0.3 is 29.2 Å². The van der Waals surface area contributed by atoms with Gasteiger partial charge in [-0.3, -0.25) is 9.59 Å². The van der Waals surface area contributed by atoms with Crippen molar-refractivity contribution in [3.63, 3.8) is 0 Å². The van der Waals surface area contributed by atoms with Gasteiger partial charge in [-0.15, -0.1) is 0 Å². The molecule has 0 bridgehead atoms. The minimum Gasteiger partial charge on any atom is -0.457 e. The van der Waals surface area contributed by atoms with E-state index < -0.39 is 31.0 Å². The summed E-state index contributed by atoms with van der Waals surface area (Å²) in [6, 6.07) is 0. The van der Waals surface area contributed by atoms with Gasteiger partial charge in [0.2, 0.25) is 0 Å². The number of esters is 2. The third-order valence-electron chi connectivity index (χ3n) is 10.4. The van der Waals surface area contributed by atoms with Crippen molar-refractivity contribution in [1.82, 2.24) is 0 Å². The average Bonchev–Trinajstić information content (AvgIpc) is 4.00. The van der Waals surface area contributed by atoms with Crippen molar-refractivity contribution in [2.24, 2.45) is 0 Å². The standard InChI is InChI=1S/C42H80O7.C2H4O/c1-3-5-7-9-11-13-15-17-19-21-23-25-27-29-31-33-39(45)48-38(35-43)42-41(37(44)36-47-42)49-40(46)34-32-30-28-26-24-22-20-18-16-14-12-10-8-6-4-2;1-2-3-1/h37-38,41-44H,3-36H2,1-2H3;1-2H2/t37-,38+,41+,42+;/m0./s1. The Morgan fingerprint density at radius 3 is 1.21 bits per heavy atom. The highest BCUT2D eigenvalue weighted by Crippen LogP contribution is 2.24. The van der Waals surface area contributed by atoms with Crippen molar-refractivity contribution >= 4 is 11.9 Å². The summed E-state index contributed by atoms with van der Waals surface area (Å²) in [6.07, 6.45) is 34.7. The third-order valence-corrected chi connectivity index (χ3v) is 10.4. The molecule has 0 aromatic rings. The van der Waals surface area contributed by atoms with Crippen LogP contribution in [0.4, 0.5) is 0 Å². The lowest BCUT2D eigenvalue weighted by molar-refractivity contribution is -0.171. The molecule has 2 aliphatic rings. The smallest absolute Gasteiger partial charge is 0.306 e. The molecule has 0 aliphatic carbocycles. The fraction of sp³-hybridized carbons (Fsp3) is 0.955. The molecule has 0 spiro atoms. The number of unbranched alkanes of at least 4 members (excludes halogenated alkanes) is 28. The van der Waals surface area contributed by atoms with Crippen LogP contribution in [-0.4, -0.2) is 73.0 Å². The maximum absolute atomic E-state index is 12.6. The predicted molar refractivity (Wildman–Crippen MR) is 213 cm³/mol. The zero-order valence-electron chi connectivity index (χ0n) is 34.1. The lowest BCUT2D eigenvalue weighted by Gasteiger charge is -2.27. The van der Waals surface area contributed by atoms with Crippen LogP contribution >= 0.6 is 0 Å². The monoisotopic (exact) mass is 741 g/mol. The van der Waals surface area contributed by atoms with Crippen LogP contribution in [0.25, 0.3) is 0 Å². The molecule has 0 radical (unpaired) electrons. The zero-order valence-corrected chi connectivity index (χ0v) is 34.1. The molecule has 2 aliphatic heterocycles. The molecule has 0 amide bonds. The molecule has 8 heteroatoms. The van der Waals surface area contributed by atoms with Crippen molar-refractivity contribution in [3.8, 4) is 0 Å². The van der Waals surface area contributed by atoms with Crippen LogP contribution in [0.3, 0.4) is 0 Å². The van der Waals surface area contributed by atoms with Crippen molar-refractivity contribution in [1.29, 1.82) is 0 Å². The quantitative estimate of drug-likeness (QED) is 0.0371. The van der Waals surface area contributed by atoms with E-state index >= 15 is 0 Å². The SMILES string of the molecule is C1CO1.CCCCCCCCCCCCCCCCCC(=O)O[C@H]1[C@@H]([C@@H](CO)OC(=O)CCCCCCCCCCCCCCCCC)OC[C@@H]1O. The topological polar surface area (TPSA) is 115 Å². The van der Waals surface area contributed by atoms with E-state index in [1.54, 1.807) is 0 Å². The first-order chi connectivity index (χ1) is 25.5. The number of rotatable bonds is 36. The normalized spacial score (nSPS) is 18.5. The second-order valence-corrected chi connectivity index (χ2v) is 15.5. The summed E-state index contributed by atoms with van der Waals surface area (Å²) in [5.41, 5.74) is 0. The van der Waals surface area contributed by atoms with Gasteiger partial charge in [-0.05, 0) is 12.8 Å². The number of hydrogen-bond acceptors (Lipinski definition) is 8. The molecule has 2 heterocycles. The van der Waals surface area contributed by atoms with Crippen molar-refractivity contribution in [2.45, 2.75) is 244 Å². The minimum absolute atomic E-state index is 0.0192. The molecule has 52 heavy (non-hydrogen) atoms. The van der Waals surface area contributed by atoms with Gasteiger partial charge in [0.05, 0.1) is 26.4 Å². The highest BCUT2D eigenvalue weighted by atomic mass is 16.6. The Kier molecular flexibility index (Phi) is 34.5. The number of aliphatic hydroxyl groups excluding tert-OH is 2. The fourth-order valence-corrected chi connectivity index (χ4v) is 7.01. The lowest BCUT2D eigenvalue weighted by Crippen LogP contribution is -2.45. The molecule has 0 unspecified atom stereocenters. The molecule has 8 nitrogen and oxygen atoms in total. The van der Waals surface area contributed by atoms with Gasteiger partial charge >= 0.3 is 11.9 Å². The maximum atomic E-state index is 12.6. The molecule has 0 aromatic carbocycles. The first-order valence-electron chi connectivity index (χ1n) is 22.4. The Morgan fingerprint density at radius 2 is 0.885 bits per heavy atom. The van der Waals surface area contributed by atoms with E-state index in [1.165, 1.54) is 154 Å². The lowest BCUT2D eigenvalue weighted by atomic mass is 10.0. The second kappa shape index (κ2) is 36.7. The van der Waals surface area contributed by atoms with Crippen molar-refractivity contribution in [3.05, 3.63) is 0 Å². The molecule has 308 valence electrons. The Hall–Kier alpha value is -1.22. The third kappa shape index (κ3) is 30.1. The molecule has 0 aromatic heterocycles. The molecular weight excluding hydrogens is 656 g/mol. The summed E-state index contributed by atoms with van der Waals surface area (Å²) in [4.78, 5) is 25.1. The van der Waals surface area contributed by atoms with Crippen LogP contribution in [0.15, 0.2) is 0 Å². The van der Waals surface area contributed by atoms with Crippen molar-refractivity contribution in [2.75, 3.05) is 26.4 Å². The van der Waals surface area contributed by atoms with E-state index in [1.807, 2.05) is 0 Å². The van der Waals surface area contributed by atoms with Gasteiger partial charge in [0.25, 0.3) is 0 Å². The van der Waals surface area contributed by atoms with E-state index in [0.717, 1.165) is 51.7 Å². The number of carbonyl (C=O) groups is 2. The highest BCUT2D eigenvalue weighted by molar-refractivity contribution is 5.70. The Labute approximate surface area is 320 Å². The summed E-state index contributed by atoms with van der Waals surface area (Å²) >= 11 is 0. The Morgan fingerprint density at radius 1 is 0.558 bits per heavy atom. The summed E-state index contributed by atoms with van der Waals surface area (Å²) in [5.74, 6) is -0.767. The van der Waals surface area contributed by atoms with Gasteiger partial charge in [0.15, 0.2) is 12.2 Å². The summed E-state index contributed by atoms with van der Waals surface area (Å²) in [5, 5.41) is 20.4. The van der Waals surface area contributed by atoms with E-state index in [2.05, 4.69) is 18.6 Å². The summed E-state index contributed by atoms with van der Waals surface area (Å²) < 4.78 is 21.3. The largest absolute Gasteiger partial charge is 0.457 e. The van der Waals surface area contributed by atoms with Gasteiger partial charge in [-0.2, -0.15) is 0 Å². The number of hydrogen-bond donors (Lipinski definition) is 2. The first-order valence-corrected chi connectivity index (χ1v) is 22.4. The highest BCUT2D eigenvalue weighted by Gasteiger charge is 2.45. The zero-order chi connectivity index (χ0) is 37.7. The van der Waals surface area contributed by atoms with Gasteiger partial charge in [-0.1, -0.05) is 194 Å². The number of ether oxygens (including phenoxy) is 4. The van der Waals surface area contributed by atoms with Crippen LogP contribution in [0.1, 0.15) is 219 Å². The van der Waals surface area contributed by atoms with Crippen LogP contribution < -0.4 is 0 Å². The molecule has 0 saturated carbocycles. The van der Waals surface area contributed by atoms with Crippen LogP contribution in [0.2, 0.25) is 0 Å². The number of aliphatic hydroxyl groups is 2. The average molecular weight is 741 g/mol. The van der Waals surface area contributed by atoms with Crippen LogP contribution in [0.5, 0.6) is 0 Å². The van der Waals surface area contributed by atoms with Gasteiger partial charge in [0, 0.05) is 12.8 Å².